The van der Waals surface area contributed by atoms with Crippen molar-refractivity contribution in [2.75, 3.05) is 13.7 Å². The largest absolute Gasteiger partial charge is 0.467 e. The van der Waals surface area contributed by atoms with Gasteiger partial charge in [0.1, 0.15) is 10.2 Å². The van der Waals surface area contributed by atoms with Crippen LogP contribution in [-0.2, 0) is 19.1 Å². The van der Waals surface area contributed by atoms with E-state index < -0.39 is 29.8 Å². The molecule has 0 aliphatic carbocycles. The molecule has 2 heterocycles. The standard InChI is InChI=1S/C12H17BrN2O5/c1-12(2,3)19-11(17)15-5-6-8(20-14-9(6)13)7(15)10(16)18-4/h6-8H,5H2,1-4H3/t6-,7+,8-/m1/s1. The Kier molecular flexibility index (Phi) is 3.95. The normalized spacial score (nSPS) is 28.6. The number of carbonyl (C=O) groups excluding carboxylic acids is 2. The number of rotatable bonds is 1. The molecule has 2 aliphatic rings. The summed E-state index contributed by atoms with van der Waals surface area (Å²) in [6.45, 7) is 5.60. The van der Waals surface area contributed by atoms with Gasteiger partial charge in [0.2, 0.25) is 0 Å². The van der Waals surface area contributed by atoms with Crippen molar-refractivity contribution in [2.24, 2.45) is 11.1 Å². The van der Waals surface area contributed by atoms with Crippen molar-refractivity contribution in [3.05, 3.63) is 0 Å². The molecule has 1 amide bonds. The molecule has 0 unspecified atom stereocenters. The van der Waals surface area contributed by atoms with Crippen molar-refractivity contribution in [1.29, 1.82) is 0 Å². The second kappa shape index (κ2) is 5.23. The predicted octanol–water partition coefficient (Wildman–Crippen LogP) is 1.50. The third kappa shape index (κ3) is 2.74. The Labute approximate surface area is 125 Å². The van der Waals surface area contributed by atoms with Crippen molar-refractivity contribution in [3.8, 4) is 0 Å². The molecule has 1 saturated heterocycles. The fourth-order valence-corrected chi connectivity index (χ4v) is 2.73. The minimum absolute atomic E-state index is 0.174. The summed E-state index contributed by atoms with van der Waals surface area (Å²) in [4.78, 5) is 30.7. The Morgan fingerprint density at radius 1 is 1.45 bits per heavy atom. The number of hydrogen-bond donors (Lipinski definition) is 0. The van der Waals surface area contributed by atoms with Crippen LogP contribution in [0.15, 0.2) is 5.16 Å². The van der Waals surface area contributed by atoms with E-state index in [4.69, 9.17) is 14.3 Å². The summed E-state index contributed by atoms with van der Waals surface area (Å²) >= 11 is 3.28. The zero-order valence-electron chi connectivity index (χ0n) is 11.8. The summed E-state index contributed by atoms with van der Waals surface area (Å²) < 4.78 is 10.7. The number of ether oxygens (including phenoxy) is 2. The predicted molar refractivity (Wildman–Crippen MR) is 73.5 cm³/mol. The van der Waals surface area contributed by atoms with Crippen LogP contribution in [0.5, 0.6) is 0 Å². The summed E-state index contributed by atoms with van der Waals surface area (Å²) in [5, 5.41) is 3.80. The smallest absolute Gasteiger partial charge is 0.411 e. The highest BCUT2D eigenvalue weighted by Crippen LogP contribution is 2.35. The molecule has 0 radical (unpaired) electrons. The van der Waals surface area contributed by atoms with Gasteiger partial charge >= 0.3 is 12.1 Å². The molecule has 0 aromatic carbocycles. The van der Waals surface area contributed by atoms with Crippen molar-refractivity contribution in [3.63, 3.8) is 0 Å². The van der Waals surface area contributed by atoms with Gasteiger partial charge < -0.3 is 14.3 Å². The first kappa shape index (κ1) is 15.1. The zero-order valence-corrected chi connectivity index (χ0v) is 13.3. The number of hydrogen-bond acceptors (Lipinski definition) is 6. The maximum Gasteiger partial charge on any atom is 0.411 e. The summed E-state index contributed by atoms with van der Waals surface area (Å²) in [6, 6.07) is -0.848. The van der Waals surface area contributed by atoms with Gasteiger partial charge in [-0.2, -0.15) is 0 Å². The summed E-state index contributed by atoms with van der Waals surface area (Å²) in [7, 11) is 1.27. The number of oxime groups is 1. The van der Waals surface area contributed by atoms with E-state index in [0.717, 1.165) is 0 Å². The topological polar surface area (TPSA) is 77.4 Å². The molecule has 2 rings (SSSR count). The lowest BCUT2D eigenvalue weighted by molar-refractivity contribution is -0.149. The number of methoxy groups -OCH3 is 1. The average Bonchev–Trinajstić information content (AvgIpc) is 2.86. The van der Waals surface area contributed by atoms with Gasteiger partial charge in [-0.1, -0.05) is 5.16 Å². The molecule has 1 fully saturated rings. The van der Waals surface area contributed by atoms with E-state index in [-0.39, 0.29) is 5.92 Å². The van der Waals surface area contributed by atoms with Gasteiger partial charge in [-0.3, -0.25) is 4.90 Å². The number of esters is 1. The number of carbonyl (C=O) groups is 2. The lowest BCUT2D eigenvalue weighted by Gasteiger charge is -2.28. The van der Waals surface area contributed by atoms with Crippen LogP contribution in [0, 0.1) is 5.92 Å². The van der Waals surface area contributed by atoms with Crippen LogP contribution in [-0.4, -0.2) is 53.0 Å². The number of amides is 1. The van der Waals surface area contributed by atoms with Gasteiger partial charge in [-0.05, 0) is 36.7 Å². The maximum absolute atomic E-state index is 12.2. The second-order valence-electron chi connectivity index (χ2n) is 5.69. The third-order valence-corrected chi connectivity index (χ3v) is 3.81. The van der Waals surface area contributed by atoms with E-state index in [1.165, 1.54) is 12.0 Å². The molecule has 2 aliphatic heterocycles. The van der Waals surface area contributed by atoms with Crippen LogP contribution in [0.25, 0.3) is 0 Å². The average molecular weight is 349 g/mol. The molecule has 0 bridgehead atoms. The highest BCUT2D eigenvalue weighted by atomic mass is 79.9. The quantitative estimate of drug-likeness (QED) is 0.671. The highest BCUT2D eigenvalue weighted by Gasteiger charge is 2.55. The Bertz CT molecular complexity index is 459. The minimum Gasteiger partial charge on any atom is -0.467 e. The van der Waals surface area contributed by atoms with Crippen LogP contribution in [0.3, 0.4) is 0 Å². The molecule has 7 nitrogen and oxygen atoms in total. The number of nitrogens with zero attached hydrogens (tertiary/aromatic N) is 2. The van der Waals surface area contributed by atoms with Gasteiger partial charge in [0, 0.05) is 6.54 Å². The fraction of sp³-hybridized carbons (Fsp3) is 0.750. The zero-order chi connectivity index (χ0) is 15.1. The second-order valence-corrected chi connectivity index (χ2v) is 6.50. The molecular formula is C12H17BrN2O5. The van der Waals surface area contributed by atoms with Crippen molar-refractivity contribution in [2.45, 2.75) is 38.5 Å². The van der Waals surface area contributed by atoms with Gasteiger partial charge in [0.25, 0.3) is 0 Å². The molecular weight excluding hydrogens is 332 g/mol. The summed E-state index contributed by atoms with van der Waals surface area (Å²) in [6.07, 6.45) is -1.10. The molecule has 0 aromatic rings. The van der Waals surface area contributed by atoms with E-state index in [0.29, 0.717) is 11.2 Å². The van der Waals surface area contributed by atoms with Crippen molar-refractivity contribution >= 4 is 32.6 Å². The molecule has 0 aromatic heterocycles. The molecule has 3 atom stereocenters. The first-order chi connectivity index (χ1) is 9.24. The van der Waals surface area contributed by atoms with Gasteiger partial charge in [-0.15, -0.1) is 0 Å². The van der Waals surface area contributed by atoms with Crippen LogP contribution in [0.1, 0.15) is 20.8 Å². The lowest BCUT2D eigenvalue weighted by Crippen LogP contribution is -2.47. The summed E-state index contributed by atoms with van der Waals surface area (Å²) in [5.74, 6) is -0.715. The third-order valence-electron chi connectivity index (χ3n) is 3.08. The maximum atomic E-state index is 12.2. The van der Waals surface area contributed by atoms with E-state index in [1.54, 1.807) is 20.8 Å². The monoisotopic (exact) mass is 348 g/mol. The lowest BCUT2D eigenvalue weighted by atomic mass is 10.0. The minimum atomic E-state index is -0.848. The number of likely N-dealkylation sites (tertiary alicyclic amines) is 1. The van der Waals surface area contributed by atoms with Crippen LogP contribution < -0.4 is 0 Å². The van der Waals surface area contributed by atoms with Gasteiger partial charge in [0.15, 0.2) is 12.1 Å². The van der Waals surface area contributed by atoms with Gasteiger partial charge in [-0.25, -0.2) is 9.59 Å². The van der Waals surface area contributed by atoms with E-state index in [2.05, 4.69) is 21.1 Å². The van der Waals surface area contributed by atoms with Crippen LogP contribution >= 0.6 is 15.9 Å². The molecule has 0 N–H and O–H groups in total. The number of fused-ring (bicyclic) bond motifs is 1. The molecule has 0 spiro atoms. The number of halogens is 1. The Hall–Kier alpha value is -1.31. The van der Waals surface area contributed by atoms with Crippen LogP contribution in [0.4, 0.5) is 4.79 Å². The Balaban J connectivity index is 2.20. The highest BCUT2D eigenvalue weighted by molar-refractivity contribution is 9.18. The van der Waals surface area contributed by atoms with Gasteiger partial charge in [0.05, 0.1) is 13.0 Å². The Morgan fingerprint density at radius 3 is 2.65 bits per heavy atom. The molecule has 112 valence electrons. The van der Waals surface area contributed by atoms with Crippen molar-refractivity contribution < 1.29 is 23.9 Å². The van der Waals surface area contributed by atoms with Crippen LogP contribution in [0.2, 0.25) is 0 Å². The molecule has 20 heavy (non-hydrogen) atoms. The summed E-state index contributed by atoms with van der Waals surface area (Å²) in [5.41, 5.74) is -0.637. The molecule has 0 saturated carbocycles. The van der Waals surface area contributed by atoms with Crippen molar-refractivity contribution in [1.82, 2.24) is 4.90 Å². The first-order valence-electron chi connectivity index (χ1n) is 6.21. The molecule has 8 heteroatoms. The van der Waals surface area contributed by atoms with E-state index in [1.807, 2.05) is 0 Å². The van der Waals surface area contributed by atoms with E-state index in [9.17, 15) is 9.59 Å². The van der Waals surface area contributed by atoms with E-state index >= 15 is 0 Å². The fourth-order valence-electron chi connectivity index (χ4n) is 2.24. The first-order valence-corrected chi connectivity index (χ1v) is 7.00. The SMILES string of the molecule is COC(=O)[C@@H]1[C@@H]2ON=C(Br)[C@@H]2CN1C(=O)OC(C)(C)C. The Morgan fingerprint density at radius 2 is 2.10 bits per heavy atom.